The van der Waals surface area contributed by atoms with Gasteiger partial charge in [-0.3, -0.25) is 0 Å². The smallest absolute Gasteiger partial charge is 0.260 e. The molecule has 0 bridgehead atoms. The molecule has 0 saturated carbocycles. The molecule has 1 aromatic heterocycles. The summed E-state index contributed by atoms with van der Waals surface area (Å²) in [4.78, 5) is 8.51. The van der Waals surface area contributed by atoms with Crippen molar-refractivity contribution in [3.8, 4) is 0 Å². The van der Waals surface area contributed by atoms with E-state index < -0.39 is 10.0 Å². The molecule has 0 aliphatic carbocycles. The van der Waals surface area contributed by atoms with Gasteiger partial charge in [0.15, 0.2) is 5.03 Å². The van der Waals surface area contributed by atoms with Crippen molar-refractivity contribution in [2.75, 3.05) is 27.2 Å². The third-order valence-corrected chi connectivity index (χ3v) is 4.97. The fourth-order valence-corrected chi connectivity index (χ4v) is 3.50. The minimum absolute atomic E-state index is 0.178. The lowest BCUT2D eigenvalue weighted by molar-refractivity contribution is 0.190. The highest BCUT2D eigenvalue weighted by molar-refractivity contribution is 7.89. The van der Waals surface area contributed by atoms with Crippen LogP contribution in [0, 0.1) is 0 Å². The maximum atomic E-state index is 12.3. The van der Waals surface area contributed by atoms with Crippen LogP contribution in [0.4, 0.5) is 0 Å². The molecule has 96 valence electrons. The fraction of sp³-hybridized carbons (Fsp3) is 0.700. The van der Waals surface area contributed by atoms with Gasteiger partial charge in [-0.05, 0) is 26.9 Å². The molecule has 1 aromatic rings. The Morgan fingerprint density at radius 3 is 2.88 bits per heavy atom. The Morgan fingerprint density at radius 1 is 1.53 bits per heavy atom. The third kappa shape index (κ3) is 2.51. The standard InChI is InChI=1S/C10H18N4O2S/c1-13(2)9-4-3-5-14(7-9)17(15,16)10-6-11-8-12-10/h6,8-9H,3-5,7H2,1-2H3,(H,11,12). The average Bonchev–Trinajstić information content (AvgIpc) is 2.83. The molecule has 2 rings (SSSR count). The quantitative estimate of drug-likeness (QED) is 0.836. The minimum atomic E-state index is -3.40. The van der Waals surface area contributed by atoms with E-state index in [1.165, 1.54) is 16.8 Å². The normalized spacial score (nSPS) is 23.1. The van der Waals surface area contributed by atoms with Crippen LogP contribution in [0.1, 0.15) is 12.8 Å². The van der Waals surface area contributed by atoms with E-state index in [-0.39, 0.29) is 5.03 Å². The first-order valence-electron chi connectivity index (χ1n) is 5.67. The second-order valence-electron chi connectivity index (χ2n) is 4.54. The Kier molecular flexibility index (Phi) is 3.50. The molecular weight excluding hydrogens is 240 g/mol. The number of hydrogen-bond donors (Lipinski definition) is 1. The zero-order chi connectivity index (χ0) is 12.5. The monoisotopic (exact) mass is 258 g/mol. The van der Waals surface area contributed by atoms with Crippen molar-refractivity contribution < 1.29 is 8.42 Å². The molecule has 0 aromatic carbocycles. The lowest BCUT2D eigenvalue weighted by Gasteiger charge is -2.34. The number of hydrogen-bond acceptors (Lipinski definition) is 4. The van der Waals surface area contributed by atoms with E-state index in [1.54, 1.807) is 0 Å². The van der Waals surface area contributed by atoms with Gasteiger partial charge in [0, 0.05) is 19.1 Å². The van der Waals surface area contributed by atoms with Gasteiger partial charge in [0.1, 0.15) is 0 Å². The fourth-order valence-electron chi connectivity index (χ4n) is 2.08. The maximum Gasteiger partial charge on any atom is 0.260 e. The largest absolute Gasteiger partial charge is 0.335 e. The zero-order valence-electron chi connectivity index (χ0n) is 10.1. The Morgan fingerprint density at radius 2 is 2.29 bits per heavy atom. The Hall–Kier alpha value is -0.920. The van der Waals surface area contributed by atoms with Crippen molar-refractivity contribution in [2.45, 2.75) is 23.9 Å². The number of nitrogens with one attached hydrogen (secondary N) is 1. The van der Waals surface area contributed by atoms with Crippen molar-refractivity contribution in [3.05, 3.63) is 12.5 Å². The minimum Gasteiger partial charge on any atom is -0.335 e. The van der Waals surface area contributed by atoms with Crippen molar-refractivity contribution >= 4 is 10.0 Å². The van der Waals surface area contributed by atoms with Gasteiger partial charge in [-0.25, -0.2) is 13.4 Å². The highest BCUT2D eigenvalue weighted by Crippen LogP contribution is 2.20. The van der Waals surface area contributed by atoms with Crippen LogP contribution in [0.15, 0.2) is 17.6 Å². The van der Waals surface area contributed by atoms with E-state index in [2.05, 4.69) is 14.9 Å². The van der Waals surface area contributed by atoms with Crippen LogP contribution in [-0.4, -0.2) is 60.8 Å². The van der Waals surface area contributed by atoms with Crippen LogP contribution in [0.2, 0.25) is 0 Å². The lowest BCUT2D eigenvalue weighted by atomic mass is 10.1. The number of nitrogens with zero attached hydrogens (tertiary/aromatic N) is 3. The van der Waals surface area contributed by atoms with E-state index in [0.717, 1.165) is 12.8 Å². The summed E-state index contributed by atoms with van der Waals surface area (Å²) in [5, 5.41) is 0.178. The first-order valence-corrected chi connectivity index (χ1v) is 7.11. The van der Waals surface area contributed by atoms with Crippen molar-refractivity contribution in [2.24, 2.45) is 0 Å². The van der Waals surface area contributed by atoms with Gasteiger partial charge >= 0.3 is 0 Å². The number of sulfonamides is 1. The van der Waals surface area contributed by atoms with E-state index >= 15 is 0 Å². The van der Waals surface area contributed by atoms with Crippen molar-refractivity contribution in [3.63, 3.8) is 0 Å². The zero-order valence-corrected chi connectivity index (χ0v) is 10.9. The van der Waals surface area contributed by atoms with Gasteiger partial charge in [0.05, 0.1) is 12.5 Å². The summed E-state index contributed by atoms with van der Waals surface area (Å²) in [5.74, 6) is 0. The van der Waals surface area contributed by atoms with E-state index in [9.17, 15) is 8.42 Å². The first kappa shape index (κ1) is 12.5. The van der Waals surface area contributed by atoms with Crippen LogP contribution in [0.3, 0.4) is 0 Å². The highest BCUT2D eigenvalue weighted by Gasteiger charge is 2.31. The molecule has 1 aliphatic heterocycles. The molecule has 6 nitrogen and oxygen atoms in total. The van der Waals surface area contributed by atoms with Gasteiger partial charge in [-0.1, -0.05) is 0 Å². The van der Waals surface area contributed by atoms with Gasteiger partial charge in [0.25, 0.3) is 10.0 Å². The molecule has 0 spiro atoms. The summed E-state index contributed by atoms with van der Waals surface area (Å²) in [6.07, 6.45) is 4.69. The van der Waals surface area contributed by atoms with Gasteiger partial charge < -0.3 is 9.88 Å². The van der Waals surface area contributed by atoms with Crippen LogP contribution < -0.4 is 0 Å². The number of imidazole rings is 1. The number of piperidine rings is 1. The second kappa shape index (κ2) is 4.75. The molecule has 1 fully saturated rings. The van der Waals surface area contributed by atoms with Crippen molar-refractivity contribution in [1.82, 2.24) is 19.2 Å². The maximum absolute atomic E-state index is 12.3. The number of H-pyrrole nitrogens is 1. The van der Waals surface area contributed by atoms with Crippen molar-refractivity contribution in [1.29, 1.82) is 0 Å². The second-order valence-corrected chi connectivity index (χ2v) is 6.44. The molecule has 17 heavy (non-hydrogen) atoms. The van der Waals surface area contributed by atoms with Crippen LogP contribution >= 0.6 is 0 Å². The molecule has 7 heteroatoms. The predicted octanol–water partition coefficient (Wildman–Crippen LogP) is 0.124. The summed E-state index contributed by atoms with van der Waals surface area (Å²) in [5.41, 5.74) is 0. The summed E-state index contributed by atoms with van der Waals surface area (Å²) in [6, 6.07) is 0.293. The van der Waals surface area contributed by atoms with Crippen LogP contribution in [0.5, 0.6) is 0 Å². The Balaban J connectivity index is 2.17. The molecule has 1 atom stereocenters. The molecule has 1 aliphatic rings. The topological polar surface area (TPSA) is 69.3 Å². The Bertz CT molecular complexity index is 455. The molecule has 0 radical (unpaired) electrons. The number of aromatic amines is 1. The number of aromatic nitrogens is 2. The van der Waals surface area contributed by atoms with Gasteiger partial charge in [0.2, 0.25) is 0 Å². The van der Waals surface area contributed by atoms with E-state index in [4.69, 9.17) is 0 Å². The van der Waals surface area contributed by atoms with E-state index in [0.29, 0.717) is 19.1 Å². The lowest BCUT2D eigenvalue weighted by Crippen LogP contribution is -2.47. The van der Waals surface area contributed by atoms with Crippen LogP contribution in [0.25, 0.3) is 0 Å². The number of likely N-dealkylation sites (N-methyl/N-ethyl adjacent to an activating group) is 1. The Labute approximate surface area is 102 Å². The van der Waals surface area contributed by atoms with Gasteiger partial charge in [-0.15, -0.1) is 0 Å². The summed E-state index contributed by atoms with van der Waals surface area (Å²) in [7, 11) is 0.570. The highest BCUT2D eigenvalue weighted by atomic mass is 32.2. The first-order chi connectivity index (χ1) is 8.01. The SMILES string of the molecule is CN(C)C1CCCN(S(=O)(=O)c2cnc[nH]2)C1. The molecule has 2 heterocycles. The molecular formula is C10H18N4O2S. The van der Waals surface area contributed by atoms with Gasteiger partial charge in [-0.2, -0.15) is 4.31 Å². The number of rotatable bonds is 3. The molecule has 1 N–H and O–H groups in total. The molecule has 1 unspecified atom stereocenters. The molecule has 0 amide bonds. The molecule has 1 saturated heterocycles. The summed E-state index contributed by atoms with van der Waals surface area (Å²) in [6.45, 7) is 1.14. The average molecular weight is 258 g/mol. The predicted molar refractivity (Wildman–Crippen MR) is 64.1 cm³/mol. The van der Waals surface area contributed by atoms with E-state index in [1.807, 2.05) is 14.1 Å². The van der Waals surface area contributed by atoms with Crippen LogP contribution in [-0.2, 0) is 10.0 Å². The summed E-state index contributed by atoms with van der Waals surface area (Å²) >= 11 is 0. The third-order valence-electron chi connectivity index (χ3n) is 3.18. The summed E-state index contributed by atoms with van der Waals surface area (Å²) < 4.78 is 26.0.